The molecule has 3 aromatic heterocycles. The molecule has 0 saturated carbocycles. The van der Waals surface area contributed by atoms with Gasteiger partial charge in [0.2, 0.25) is 17.8 Å². The number of carbonyl (C=O) groups excluding carboxylic acids is 3. The maximum Gasteiger partial charge on any atom is 0.278 e. The van der Waals surface area contributed by atoms with Gasteiger partial charge in [0.25, 0.3) is 17.5 Å². The van der Waals surface area contributed by atoms with Crippen molar-refractivity contribution in [1.82, 2.24) is 44.3 Å². The van der Waals surface area contributed by atoms with Crippen molar-refractivity contribution in [2.24, 2.45) is 0 Å². The van der Waals surface area contributed by atoms with E-state index in [1.165, 1.54) is 21.8 Å². The molecule has 5 aromatic rings. The Hall–Kier alpha value is -6.64. The highest BCUT2D eigenvalue weighted by atomic mass is 19.3. The van der Waals surface area contributed by atoms with E-state index < -0.39 is 41.6 Å². The molecule has 1 unspecified atom stereocenters. The van der Waals surface area contributed by atoms with E-state index in [1.807, 2.05) is 30.0 Å². The molecule has 3 N–H and O–H groups in total. The van der Waals surface area contributed by atoms with Crippen molar-refractivity contribution in [3.63, 3.8) is 0 Å². The number of hydrogen-bond donors (Lipinski definition) is 3. The molecule has 17 nitrogen and oxygen atoms in total. The van der Waals surface area contributed by atoms with Crippen LogP contribution in [0.25, 0.3) is 16.9 Å². The van der Waals surface area contributed by atoms with Gasteiger partial charge in [-0.1, -0.05) is 13.0 Å². The molecule has 11 rings (SSSR count). The fraction of sp³-hybridized carbons (Fsp3) is 0.449. The largest absolute Gasteiger partial charge is 0.384 e. The van der Waals surface area contributed by atoms with Gasteiger partial charge in [0.15, 0.2) is 11.5 Å². The van der Waals surface area contributed by atoms with Gasteiger partial charge in [0, 0.05) is 107 Å². The van der Waals surface area contributed by atoms with Crippen LogP contribution in [0.1, 0.15) is 72.6 Å². The van der Waals surface area contributed by atoms with Crippen LogP contribution < -0.4 is 26.0 Å². The normalized spacial score (nSPS) is 22.5. The molecule has 1 aliphatic carbocycles. The van der Waals surface area contributed by atoms with E-state index in [1.54, 1.807) is 12.1 Å². The fourth-order valence-corrected chi connectivity index (χ4v) is 11.2. The quantitative estimate of drug-likeness (QED) is 0.159. The number of hydrogen-bond acceptors (Lipinski definition) is 13. The number of aryl methyl sites for hydroxylation is 1. The average Bonchev–Trinajstić information content (AvgIpc) is 3.94. The van der Waals surface area contributed by atoms with E-state index in [0.717, 1.165) is 73.7 Å². The molecule has 3 amide bonds. The molecule has 2 aromatic carbocycles. The maximum atomic E-state index is 15.4. The van der Waals surface area contributed by atoms with Gasteiger partial charge >= 0.3 is 0 Å². The standard InChI is InChI=1S/C49H53F3N12O5/c1-2-49(69)15-11-29-3-9-41(55-43(29)49)64-44-36(47(68)63(64)18-14-40(51)52)25-53-48(57-44)54-31-4-6-32(7-5-31)59-19-21-60(22-20-59)33-12-16-58(17-13-33)34-27-61(28-34)39-23-30-26-62(46(67)35(30)24-37(39)50)38-8-10-42(65)56-45(38)66/h3-7,9,14,23-25,33-34,38,69H,2,8,10-13,15-22,26-28H2,1H3,(H,53,54,57)(H,56,65,66)/t38?,49-/m1/s1. The molecule has 2 atom stereocenters. The lowest BCUT2D eigenvalue weighted by Crippen LogP contribution is -2.62. The van der Waals surface area contributed by atoms with Crippen LogP contribution >= 0.6 is 0 Å². The first-order chi connectivity index (χ1) is 33.3. The van der Waals surface area contributed by atoms with Gasteiger partial charge in [-0.3, -0.25) is 34.3 Å². The second-order valence-corrected chi connectivity index (χ2v) is 19.1. The summed E-state index contributed by atoms with van der Waals surface area (Å²) in [5, 5.41) is 17.0. The summed E-state index contributed by atoms with van der Waals surface area (Å²) >= 11 is 0. The molecule has 0 spiro atoms. The Labute approximate surface area is 395 Å². The Balaban J connectivity index is 0.680. The molecule has 360 valence electrons. The number of carbonyl (C=O) groups is 3. The zero-order chi connectivity index (χ0) is 47.7. The van der Waals surface area contributed by atoms with Crippen LogP contribution in [-0.4, -0.2) is 132 Å². The van der Waals surface area contributed by atoms with Gasteiger partial charge in [-0.25, -0.2) is 23.7 Å². The number of nitrogens with zero attached hydrogens (tertiary/aromatic N) is 10. The summed E-state index contributed by atoms with van der Waals surface area (Å²) in [5.74, 6) is -1.16. The molecule has 0 radical (unpaired) electrons. The van der Waals surface area contributed by atoms with Crippen molar-refractivity contribution < 1.29 is 32.7 Å². The molecular weight excluding hydrogens is 894 g/mol. The minimum Gasteiger partial charge on any atom is -0.384 e. The van der Waals surface area contributed by atoms with Crippen molar-refractivity contribution in [3.8, 4) is 5.82 Å². The zero-order valence-corrected chi connectivity index (χ0v) is 38.2. The molecule has 8 heterocycles. The second-order valence-electron chi connectivity index (χ2n) is 19.1. The Morgan fingerprint density at radius 2 is 1.64 bits per heavy atom. The lowest BCUT2D eigenvalue weighted by atomic mass is 9.97. The van der Waals surface area contributed by atoms with Crippen LogP contribution in [0.4, 0.5) is 36.2 Å². The number of aliphatic hydroxyl groups is 1. The van der Waals surface area contributed by atoms with Crippen LogP contribution in [0.15, 0.2) is 71.7 Å². The first-order valence-electron chi connectivity index (χ1n) is 23.9. The number of imide groups is 1. The topological polar surface area (TPSA) is 177 Å². The van der Waals surface area contributed by atoms with E-state index in [9.17, 15) is 33.1 Å². The second kappa shape index (κ2) is 17.7. The van der Waals surface area contributed by atoms with Crippen LogP contribution in [0.2, 0.25) is 0 Å². The van der Waals surface area contributed by atoms with Crippen molar-refractivity contribution in [1.29, 1.82) is 0 Å². The highest BCUT2D eigenvalue weighted by molar-refractivity contribution is 6.05. The number of amides is 3. The van der Waals surface area contributed by atoms with E-state index in [4.69, 9.17) is 4.98 Å². The van der Waals surface area contributed by atoms with Gasteiger partial charge in [0.1, 0.15) is 22.8 Å². The van der Waals surface area contributed by atoms with Crippen LogP contribution in [0.5, 0.6) is 0 Å². The SMILES string of the molecule is CC[C@@]1(O)CCc2ccc(-n3c4nc(Nc5ccc(N6CCN(C7CCN(C8CN(c9cc%10c(cc9F)C(=O)N(C9CCC(=O)NC9=O)C%10)C8)CC7)CC6)cc5)ncc4c(=O)n3CC=C(F)F)nc21. The number of likely N-dealkylation sites (tertiary alicyclic amines) is 1. The minimum absolute atomic E-state index is 0.140. The van der Waals surface area contributed by atoms with Crippen molar-refractivity contribution in [2.45, 2.75) is 88.7 Å². The van der Waals surface area contributed by atoms with E-state index in [-0.39, 0.29) is 59.6 Å². The number of piperidine rings is 2. The third-order valence-corrected chi connectivity index (χ3v) is 15.2. The van der Waals surface area contributed by atoms with Crippen molar-refractivity contribution in [2.75, 3.05) is 67.5 Å². The molecule has 6 aliphatic rings. The summed E-state index contributed by atoms with van der Waals surface area (Å²) in [6, 6.07) is 14.7. The number of piperazine rings is 1. The molecule has 0 bridgehead atoms. The summed E-state index contributed by atoms with van der Waals surface area (Å²) in [5.41, 5.74) is 3.23. The van der Waals surface area contributed by atoms with Crippen LogP contribution in [0, 0.1) is 5.82 Å². The summed E-state index contributed by atoms with van der Waals surface area (Å²) < 4.78 is 44.6. The molecule has 69 heavy (non-hydrogen) atoms. The number of nitrogens with one attached hydrogen (secondary N) is 2. The van der Waals surface area contributed by atoms with Crippen LogP contribution in [-0.2, 0) is 34.7 Å². The zero-order valence-electron chi connectivity index (χ0n) is 38.2. The van der Waals surface area contributed by atoms with Crippen LogP contribution in [0.3, 0.4) is 0 Å². The van der Waals surface area contributed by atoms with Crippen molar-refractivity contribution >= 4 is 51.8 Å². The number of rotatable bonds is 11. The first-order valence-corrected chi connectivity index (χ1v) is 23.9. The third kappa shape index (κ3) is 8.20. The highest BCUT2D eigenvalue weighted by Gasteiger charge is 2.42. The predicted molar refractivity (Wildman–Crippen MR) is 250 cm³/mol. The smallest absolute Gasteiger partial charge is 0.278 e. The maximum absolute atomic E-state index is 15.4. The number of anilines is 4. The highest BCUT2D eigenvalue weighted by Crippen LogP contribution is 2.39. The van der Waals surface area contributed by atoms with Gasteiger partial charge < -0.3 is 25.1 Å². The number of aromatic nitrogens is 5. The Bertz CT molecular complexity index is 2950. The fourth-order valence-electron chi connectivity index (χ4n) is 11.2. The van der Waals surface area contributed by atoms with E-state index in [0.29, 0.717) is 67.5 Å². The molecule has 5 aliphatic heterocycles. The lowest BCUT2D eigenvalue weighted by molar-refractivity contribution is -0.136. The van der Waals surface area contributed by atoms with Crippen molar-refractivity contribution in [3.05, 3.63) is 105 Å². The number of allylic oxidation sites excluding steroid dienone is 1. The predicted octanol–water partition coefficient (Wildman–Crippen LogP) is 4.42. The van der Waals surface area contributed by atoms with Gasteiger partial charge in [-0.15, -0.1) is 0 Å². The first kappa shape index (κ1) is 44.8. The molecule has 20 heteroatoms. The average molecular weight is 947 g/mol. The molecular formula is C49H53F3N12O5. The number of pyridine rings is 1. The molecule has 4 saturated heterocycles. The summed E-state index contributed by atoms with van der Waals surface area (Å²) in [4.78, 5) is 75.7. The lowest BCUT2D eigenvalue weighted by Gasteiger charge is -2.50. The number of fused-ring (bicyclic) bond motifs is 3. The minimum atomic E-state index is -1.92. The molecule has 4 fully saturated rings. The summed E-state index contributed by atoms with van der Waals surface area (Å²) in [6.07, 6.45) is 4.32. The Morgan fingerprint density at radius 3 is 2.36 bits per heavy atom. The van der Waals surface area contributed by atoms with Gasteiger partial charge in [0.05, 0.1) is 17.9 Å². The number of benzene rings is 2. The van der Waals surface area contributed by atoms with Gasteiger partial charge in [-0.2, -0.15) is 13.8 Å². The number of halogens is 3. The summed E-state index contributed by atoms with van der Waals surface area (Å²) in [7, 11) is 0. The Morgan fingerprint density at radius 1 is 0.884 bits per heavy atom. The third-order valence-electron chi connectivity index (χ3n) is 15.2. The van der Waals surface area contributed by atoms with E-state index in [2.05, 4.69) is 47.4 Å². The van der Waals surface area contributed by atoms with Gasteiger partial charge in [-0.05, 0) is 92.1 Å². The monoisotopic (exact) mass is 946 g/mol. The van der Waals surface area contributed by atoms with E-state index >= 15 is 4.39 Å². The summed E-state index contributed by atoms with van der Waals surface area (Å²) in [6.45, 7) is 8.72. The Kier molecular flexibility index (Phi) is 11.5.